The molecule has 0 amide bonds. The van der Waals surface area contributed by atoms with E-state index in [2.05, 4.69) is 57.3 Å². The summed E-state index contributed by atoms with van der Waals surface area (Å²) in [6.07, 6.45) is 7.55. The summed E-state index contributed by atoms with van der Waals surface area (Å²) in [6, 6.07) is 0. The molecule has 0 fully saturated rings. The second kappa shape index (κ2) is 7.51. The van der Waals surface area contributed by atoms with Crippen LogP contribution in [0.5, 0.6) is 0 Å². The number of hydrogen-bond donors (Lipinski definition) is 0. The first-order chi connectivity index (χ1) is 9.62. The molecule has 118 valence electrons. The third-order valence-corrected chi connectivity index (χ3v) is 5.23. The van der Waals surface area contributed by atoms with Crippen LogP contribution in [0.25, 0.3) is 0 Å². The lowest BCUT2D eigenvalue weighted by molar-refractivity contribution is 0.403. The first-order valence-electron chi connectivity index (χ1n) is 8.14. The molecule has 0 aromatic carbocycles. The lowest BCUT2D eigenvalue weighted by Crippen LogP contribution is -2.24. The Balaban J connectivity index is 2.69. The molecule has 0 aromatic rings. The molecule has 0 saturated heterocycles. The van der Waals surface area contributed by atoms with Gasteiger partial charge in [-0.3, -0.25) is 0 Å². The lowest BCUT2D eigenvalue weighted by atomic mass is 9.94. The van der Waals surface area contributed by atoms with Crippen LogP contribution >= 0.6 is 0 Å². The maximum absolute atomic E-state index is 6.30. The molecule has 1 nitrogen and oxygen atoms in total. The molecular formula is C18H32OSi2. The van der Waals surface area contributed by atoms with Crippen molar-refractivity contribution in [3.63, 3.8) is 0 Å². The van der Waals surface area contributed by atoms with Crippen molar-refractivity contribution in [3.8, 4) is 11.5 Å². The molecule has 1 rings (SSSR count). The van der Waals surface area contributed by atoms with Gasteiger partial charge in [0.25, 0.3) is 0 Å². The Bertz CT molecular complexity index is 452. The standard InChI is InChI=1S/C18H32OSi2/c1-8-11-17-16(12-9-10-15-20(2,3)4)13-14-18(17)19-21(5,6)7/h8,16H,1,9,11-14H2,2-7H3. The van der Waals surface area contributed by atoms with Crippen LogP contribution in [0.15, 0.2) is 24.0 Å². The van der Waals surface area contributed by atoms with Crippen molar-refractivity contribution in [2.75, 3.05) is 0 Å². The first-order valence-corrected chi connectivity index (χ1v) is 15.0. The maximum atomic E-state index is 6.30. The van der Waals surface area contributed by atoms with Gasteiger partial charge in [-0.05, 0) is 50.4 Å². The first kappa shape index (κ1) is 18.3. The summed E-state index contributed by atoms with van der Waals surface area (Å²) in [7, 11) is -2.72. The van der Waals surface area contributed by atoms with Gasteiger partial charge in [0.05, 0.1) is 5.76 Å². The molecule has 0 heterocycles. The zero-order valence-electron chi connectivity index (χ0n) is 14.8. The average Bonchev–Trinajstić information content (AvgIpc) is 2.65. The van der Waals surface area contributed by atoms with Crippen LogP contribution in [0.4, 0.5) is 0 Å². The molecule has 3 heteroatoms. The Labute approximate surface area is 134 Å². The van der Waals surface area contributed by atoms with E-state index in [9.17, 15) is 0 Å². The Kier molecular flexibility index (Phi) is 6.55. The fourth-order valence-corrected chi connectivity index (χ4v) is 4.31. The number of hydrogen-bond acceptors (Lipinski definition) is 1. The van der Waals surface area contributed by atoms with E-state index in [0.717, 1.165) is 19.3 Å². The largest absolute Gasteiger partial charge is 0.547 e. The second-order valence-corrected chi connectivity index (χ2v) is 17.2. The van der Waals surface area contributed by atoms with E-state index in [0.29, 0.717) is 5.92 Å². The molecule has 1 atom stereocenters. The predicted octanol–water partition coefficient (Wildman–Crippen LogP) is 5.74. The third-order valence-electron chi connectivity index (χ3n) is 3.45. The minimum Gasteiger partial charge on any atom is -0.547 e. The topological polar surface area (TPSA) is 9.23 Å². The number of allylic oxidation sites excluding steroid dienone is 3. The molecular weight excluding hydrogens is 288 g/mol. The molecule has 0 radical (unpaired) electrons. The summed E-state index contributed by atoms with van der Waals surface area (Å²) in [4.78, 5) is 0. The molecule has 21 heavy (non-hydrogen) atoms. The van der Waals surface area contributed by atoms with Crippen molar-refractivity contribution in [2.45, 2.75) is 71.4 Å². The predicted molar refractivity (Wildman–Crippen MR) is 99.4 cm³/mol. The second-order valence-electron chi connectivity index (χ2n) is 7.98. The average molecular weight is 321 g/mol. The van der Waals surface area contributed by atoms with Gasteiger partial charge in [0.15, 0.2) is 0 Å². The van der Waals surface area contributed by atoms with Crippen molar-refractivity contribution in [1.82, 2.24) is 0 Å². The molecule has 1 aliphatic carbocycles. The van der Waals surface area contributed by atoms with Crippen molar-refractivity contribution in [1.29, 1.82) is 0 Å². The summed E-state index contributed by atoms with van der Waals surface area (Å²) in [6.45, 7) is 17.6. The highest BCUT2D eigenvalue weighted by Gasteiger charge is 2.28. The van der Waals surface area contributed by atoms with Crippen LogP contribution in [-0.4, -0.2) is 16.4 Å². The summed E-state index contributed by atoms with van der Waals surface area (Å²) in [5.41, 5.74) is 4.97. The Morgan fingerprint density at radius 2 is 1.90 bits per heavy atom. The molecule has 0 aromatic heterocycles. The van der Waals surface area contributed by atoms with Crippen LogP contribution in [0, 0.1) is 17.4 Å². The van der Waals surface area contributed by atoms with Gasteiger partial charge in [0.2, 0.25) is 8.32 Å². The van der Waals surface area contributed by atoms with E-state index in [1.165, 1.54) is 24.2 Å². The minimum atomic E-state index is -1.50. The quantitative estimate of drug-likeness (QED) is 0.344. The number of rotatable bonds is 6. The van der Waals surface area contributed by atoms with Gasteiger partial charge in [-0.2, -0.15) is 0 Å². The minimum absolute atomic E-state index is 0.658. The zero-order chi connectivity index (χ0) is 16.1. The fourth-order valence-electron chi connectivity index (χ4n) is 2.68. The molecule has 0 saturated carbocycles. The van der Waals surface area contributed by atoms with Crippen LogP contribution in [-0.2, 0) is 4.43 Å². The fraction of sp³-hybridized carbons (Fsp3) is 0.667. The third kappa shape index (κ3) is 7.19. The summed E-state index contributed by atoms with van der Waals surface area (Å²) >= 11 is 0. The van der Waals surface area contributed by atoms with Crippen molar-refractivity contribution in [2.24, 2.45) is 5.92 Å². The smallest absolute Gasteiger partial charge is 0.241 e. The van der Waals surface area contributed by atoms with Crippen LogP contribution in [0.1, 0.15) is 32.1 Å². The molecule has 1 unspecified atom stereocenters. The van der Waals surface area contributed by atoms with Gasteiger partial charge in [0, 0.05) is 12.8 Å². The summed E-state index contributed by atoms with van der Waals surface area (Å²) < 4.78 is 6.30. The Hall–Kier alpha value is -0.726. The van der Waals surface area contributed by atoms with Crippen molar-refractivity contribution in [3.05, 3.63) is 24.0 Å². The van der Waals surface area contributed by atoms with Gasteiger partial charge in [0.1, 0.15) is 8.07 Å². The van der Waals surface area contributed by atoms with Crippen LogP contribution < -0.4 is 0 Å². The molecule has 0 aliphatic heterocycles. The van der Waals surface area contributed by atoms with Gasteiger partial charge < -0.3 is 4.43 Å². The zero-order valence-corrected chi connectivity index (χ0v) is 16.8. The van der Waals surface area contributed by atoms with Gasteiger partial charge in [-0.25, -0.2) is 0 Å². The molecule has 0 spiro atoms. The molecule has 1 aliphatic rings. The Morgan fingerprint density at radius 3 is 2.43 bits per heavy atom. The van der Waals surface area contributed by atoms with E-state index in [4.69, 9.17) is 4.43 Å². The highest BCUT2D eigenvalue weighted by atomic mass is 28.4. The maximum Gasteiger partial charge on any atom is 0.241 e. The van der Waals surface area contributed by atoms with E-state index in [1.54, 1.807) is 0 Å². The summed E-state index contributed by atoms with van der Waals surface area (Å²) in [5, 5.41) is 0. The van der Waals surface area contributed by atoms with Gasteiger partial charge in [-0.1, -0.05) is 25.7 Å². The molecule has 0 N–H and O–H groups in total. The highest BCUT2D eigenvalue weighted by Crippen LogP contribution is 2.38. The van der Waals surface area contributed by atoms with Crippen LogP contribution in [0.2, 0.25) is 39.3 Å². The SMILES string of the molecule is C=CCC1=C(O[Si](C)(C)C)CCC1CCC#C[Si](C)(C)C. The molecule has 0 bridgehead atoms. The van der Waals surface area contributed by atoms with Gasteiger partial charge in [-0.15, -0.1) is 18.0 Å². The van der Waals surface area contributed by atoms with E-state index in [-0.39, 0.29) is 0 Å². The normalized spacial score (nSPS) is 19.2. The highest BCUT2D eigenvalue weighted by molar-refractivity contribution is 6.83. The van der Waals surface area contributed by atoms with E-state index < -0.39 is 16.4 Å². The van der Waals surface area contributed by atoms with Crippen molar-refractivity contribution < 1.29 is 4.43 Å². The van der Waals surface area contributed by atoms with E-state index in [1.807, 2.05) is 6.08 Å². The van der Waals surface area contributed by atoms with Gasteiger partial charge >= 0.3 is 0 Å². The lowest BCUT2D eigenvalue weighted by Gasteiger charge is -2.22. The van der Waals surface area contributed by atoms with E-state index >= 15 is 0 Å². The monoisotopic (exact) mass is 320 g/mol. The Morgan fingerprint density at radius 1 is 1.24 bits per heavy atom. The summed E-state index contributed by atoms with van der Waals surface area (Å²) in [5.74, 6) is 5.34. The van der Waals surface area contributed by atoms with Crippen molar-refractivity contribution >= 4 is 16.4 Å². The van der Waals surface area contributed by atoms with Crippen LogP contribution in [0.3, 0.4) is 0 Å².